The van der Waals surface area contributed by atoms with Crippen LogP contribution in [-0.4, -0.2) is 32.6 Å². The van der Waals surface area contributed by atoms with Crippen LogP contribution in [0.2, 0.25) is 0 Å². The zero-order valence-corrected chi connectivity index (χ0v) is 17.6. The fourth-order valence-corrected chi connectivity index (χ4v) is 5.10. The monoisotopic (exact) mass is 418 g/mol. The van der Waals surface area contributed by atoms with Gasteiger partial charge in [-0.05, 0) is 41.5 Å². The van der Waals surface area contributed by atoms with Crippen LogP contribution in [0.3, 0.4) is 0 Å². The highest BCUT2D eigenvalue weighted by molar-refractivity contribution is 7.89. The van der Waals surface area contributed by atoms with Crippen molar-refractivity contribution in [2.75, 3.05) is 19.0 Å². The number of nitrogens with zero attached hydrogens (tertiary/aromatic N) is 2. The van der Waals surface area contributed by atoms with E-state index < -0.39 is 10.0 Å². The Morgan fingerprint density at radius 1 is 0.867 bits per heavy atom. The molecule has 3 aromatic carbocycles. The van der Waals surface area contributed by atoms with E-state index in [1.807, 2.05) is 73.6 Å². The second-order valence-corrected chi connectivity index (χ2v) is 9.17. The van der Waals surface area contributed by atoms with E-state index in [2.05, 4.69) is 0 Å². The first-order valence-electron chi connectivity index (χ1n) is 9.57. The number of fused-ring (bicyclic) bond motifs is 1. The van der Waals surface area contributed by atoms with Crippen LogP contribution < -0.4 is 4.90 Å². The minimum Gasteiger partial charge on any atom is -0.378 e. The van der Waals surface area contributed by atoms with Gasteiger partial charge in [-0.1, -0.05) is 54.6 Å². The Balaban J connectivity index is 1.85. The third kappa shape index (κ3) is 3.62. The predicted molar refractivity (Wildman–Crippen MR) is 119 cm³/mol. The van der Waals surface area contributed by atoms with E-state index in [-0.39, 0.29) is 28.5 Å². The molecule has 0 fully saturated rings. The van der Waals surface area contributed by atoms with Gasteiger partial charge in [0.05, 0.1) is 11.4 Å². The number of ketones is 1. The number of sulfonamides is 1. The zero-order valence-electron chi connectivity index (χ0n) is 16.8. The van der Waals surface area contributed by atoms with Crippen LogP contribution in [0.15, 0.2) is 89.5 Å². The standard InChI is InChI=1S/C24H22N2O3S/c1-25(2)20-14-12-18(13-15-20)16-22-24(27)21-10-6-7-11-23(21)30(28,29)26(22)17-19-8-4-3-5-9-19/h3-16H,17H2,1-2H3/b22-16+. The van der Waals surface area contributed by atoms with Crippen molar-refractivity contribution in [2.45, 2.75) is 11.4 Å². The molecule has 1 heterocycles. The molecule has 6 heteroatoms. The fraction of sp³-hybridized carbons (Fsp3) is 0.125. The van der Waals surface area contributed by atoms with Gasteiger partial charge in [-0.2, -0.15) is 0 Å². The van der Waals surface area contributed by atoms with E-state index in [0.29, 0.717) is 0 Å². The lowest BCUT2D eigenvalue weighted by molar-refractivity contribution is 0.100. The summed E-state index contributed by atoms with van der Waals surface area (Å²) in [6, 6.07) is 23.3. The molecule has 30 heavy (non-hydrogen) atoms. The Morgan fingerprint density at radius 3 is 2.17 bits per heavy atom. The number of hydrogen-bond donors (Lipinski definition) is 0. The number of rotatable bonds is 4. The van der Waals surface area contributed by atoms with Gasteiger partial charge in [0.15, 0.2) is 0 Å². The molecule has 0 spiro atoms. The minimum absolute atomic E-state index is 0.0473. The number of benzene rings is 3. The van der Waals surface area contributed by atoms with E-state index in [1.54, 1.807) is 24.3 Å². The van der Waals surface area contributed by atoms with Crippen LogP contribution in [0.5, 0.6) is 0 Å². The highest BCUT2D eigenvalue weighted by Crippen LogP contribution is 2.34. The van der Waals surface area contributed by atoms with E-state index in [4.69, 9.17) is 0 Å². The summed E-state index contributed by atoms with van der Waals surface area (Å²) in [7, 11) is 0.0265. The summed E-state index contributed by atoms with van der Waals surface area (Å²) < 4.78 is 28.1. The highest BCUT2D eigenvalue weighted by Gasteiger charge is 2.39. The van der Waals surface area contributed by atoms with Crippen LogP contribution >= 0.6 is 0 Å². The molecule has 1 aliphatic heterocycles. The number of hydrogen-bond acceptors (Lipinski definition) is 4. The Kier molecular flexibility index (Phi) is 5.18. The van der Waals surface area contributed by atoms with Crippen molar-refractivity contribution in [3.8, 4) is 0 Å². The van der Waals surface area contributed by atoms with E-state index in [0.717, 1.165) is 16.8 Å². The lowest BCUT2D eigenvalue weighted by Crippen LogP contribution is -2.38. The van der Waals surface area contributed by atoms with E-state index in [1.165, 1.54) is 10.4 Å². The molecular weight excluding hydrogens is 396 g/mol. The van der Waals surface area contributed by atoms with Crippen molar-refractivity contribution in [2.24, 2.45) is 0 Å². The molecule has 152 valence electrons. The molecule has 0 aromatic heterocycles. The van der Waals surface area contributed by atoms with Crippen molar-refractivity contribution in [3.63, 3.8) is 0 Å². The third-order valence-electron chi connectivity index (χ3n) is 5.08. The van der Waals surface area contributed by atoms with Crippen LogP contribution in [-0.2, 0) is 16.6 Å². The first-order valence-corrected chi connectivity index (χ1v) is 11.0. The summed E-state index contributed by atoms with van der Waals surface area (Å²) in [5.74, 6) is -0.298. The molecule has 0 amide bonds. The lowest BCUT2D eigenvalue weighted by atomic mass is 10.0. The Hall–Kier alpha value is -3.38. The van der Waals surface area contributed by atoms with Crippen LogP contribution in [0.25, 0.3) is 6.08 Å². The van der Waals surface area contributed by atoms with Crippen LogP contribution in [0.4, 0.5) is 5.69 Å². The summed E-state index contributed by atoms with van der Waals surface area (Å²) in [6.07, 6.45) is 1.65. The molecule has 3 aromatic rings. The van der Waals surface area contributed by atoms with Gasteiger partial charge in [-0.3, -0.25) is 9.10 Å². The van der Waals surface area contributed by atoms with Gasteiger partial charge >= 0.3 is 0 Å². The maximum absolute atomic E-state index is 13.4. The van der Waals surface area contributed by atoms with Gasteiger partial charge < -0.3 is 4.90 Å². The van der Waals surface area contributed by atoms with Crippen molar-refractivity contribution >= 4 is 27.6 Å². The van der Waals surface area contributed by atoms with Crippen LogP contribution in [0.1, 0.15) is 21.5 Å². The summed E-state index contributed by atoms with van der Waals surface area (Å²) in [6.45, 7) is 0.0882. The van der Waals surface area contributed by atoms with Gasteiger partial charge in [0.1, 0.15) is 5.70 Å². The van der Waals surface area contributed by atoms with Crippen LogP contribution in [0, 0.1) is 0 Å². The molecule has 1 aliphatic rings. The summed E-state index contributed by atoms with van der Waals surface area (Å²) in [4.78, 5) is 15.3. The number of anilines is 1. The maximum Gasteiger partial charge on any atom is 0.265 e. The summed E-state index contributed by atoms with van der Waals surface area (Å²) in [5, 5.41) is 0. The SMILES string of the molecule is CN(C)c1ccc(/C=C2\C(=O)c3ccccc3S(=O)(=O)N2Cc2ccccc2)cc1. The molecular formula is C24H22N2O3S. The molecule has 0 bridgehead atoms. The Morgan fingerprint density at radius 2 is 1.50 bits per heavy atom. The minimum atomic E-state index is -3.87. The Bertz CT molecular complexity index is 1210. The van der Waals surface area contributed by atoms with Gasteiger partial charge in [-0.15, -0.1) is 0 Å². The number of allylic oxidation sites excluding steroid dienone is 1. The second-order valence-electron chi connectivity index (χ2n) is 7.34. The normalized spacial score (nSPS) is 16.4. The number of Topliss-reactive ketones (excluding diaryl/α,β-unsaturated/α-hetero) is 1. The molecule has 0 saturated carbocycles. The summed E-state index contributed by atoms with van der Waals surface area (Å²) >= 11 is 0. The van der Waals surface area contributed by atoms with Gasteiger partial charge in [0, 0.05) is 25.3 Å². The largest absolute Gasteiger partial charge is 0.378 e. The lowest BCUT2D eigenvalue weighted by Gasteiger charge is -2.31. The highest BCUT2D eigenvalue weighted by atomic mass is 32.2. The average molecular weight is 419 g/mol. The third-order valence-corrected chi connectivity index (χ3v) is 6.90. The van der Waals surface area contributed by atoms with Crippen molar-refractivity contribution in [1.82, 2.24) is 4.31 Å². The molecule has 4 rings (SSSR count). The van der Waals surface area contributed by atoms with Gasteiger partial charge in [0.25, 0.3) is 10.0 Å². The van der Waals surface area contributed by atoms with E-state index in [9.17, 15) is 13.2 Å². The quantitative estimate of drug-likeness (QED) is 0.597. The molecule has 0 aliphatic carbocycles. The van der Waals surface area contributed by atoms with E-state index >= 15 is 0 Å². The first kappa shape index (κ1) is 19.9. The Labute approximate surface area is 176 Å². The molecule has 5 nitrogen and oxygen atoms in total. The zero-order chi connectivity index (χ0) is 21.3. The van der Waals surface area contributed by atoms with Gasteiger partial charge in [0.2, 0.25) is 5.78 Å². The smallest absolute Gasteiger partial charge is 0.265 e. The van der Waals surface area contributed by atoms with Crippen molar-refractivity contribution in [1.29, 1.82) is 0 Å². The number of carbonyl (C=O) groups excluding carboxylic acids is 1. The predicted octanol–water partition coefficient (Wildman–Crippen LogP) is 4.18. The average Bonchev–Trinajstić information content (AvgIpc) is 2.76. The topological polar surface area (TPSA) is 57.7 Å². The van der Waals surface area contributed by atoms with Crippen molar-refractivity contribution < 1.29 is 13.2 Å². The first-order chi connectivity index (χ1) is 14.4. The molecule has 0 radical (unpaired) electrons. The maximum atomic E-state index is 13.4. The number of carbonyl (C=O) groups is 1. The second kappa shape index (κ2) is 7.80. The molecule has 0 N–H and O–H groups in total. The summed E-state index contributed by atoms with van der Waals surface area (Å²) in [5.41, 5.74) is 2.94. The molecule has 0 saturated heterocycles. The molecule has 0 unspecified atom stereocenters. The molecule has 0 atom stereocenters. The van der Waals surface area contributed by atoms with Crippen molar-refractivity contribution in [3.05, 3.63) is 101 Å². The van der Waals surface area contributed by atoms with Gasteiger partial charge in [-0.25, -0.2) is 8.42 Å². The fourth-order valence-electron chi connectivity index (χ4n) is 3.46.